The van der Waals surface area contributed by atoms with Crippen molar-refractivity contribution < 1.29 is 14.3 Å². The Bertz CT molecular complexity index is 670. The Kier molecular flexibility index (Phi) is 7.30. The average Bonchev–Trinajstić information content (AvgIpc) is 3.27. The highest BCUT2D eigenvalue weighted by molar-refractivity contribution is 6.74. The van der Waals surface area contributed by atoms with Crippen molar-refractivity contribution in [3.63, 3.8) is 0 Å². The molecule has 4 heteroatoms. The van der Waals surface area contributed by atoms with Gasteiger partial charge in [0.2, 0.25) is 0 Å². The predicted molar refractivity (Wildman–Crippen MR) is 123 cm³/mol. The number of aryl methyl sites for hydroxylation is 1. The number of benzene rings is 1. The molecule has 0 radical (unpaired) electrons. The van der Waals surface area contributed by atoms with Crippen LogP contribution in [0.25, 0.3) is 0 Å². The third kappa shape index (κ3) is 4.81. The summed E-state index contributed by atoms with van der Waals surface area (Å²) in [6.45, 7) is 15.2. The number of aliphatic hydroxyl groups is 1. The van der Waals surface area contributed by atoms with Gasteiger partial charge in [-0.25, -0.2) is 0 Å². The summed E-state index contributed by atoms with van der Waals surface area (Å²) in [5, 5.41) is 10.1. The van der Waals surface area contributed by atoms with E-state index in [4.69, 9.17) is 9.16 Å². The van der Waals surface area contributed by atoms with Crippen molar-refractivity contribution in [3.8, 4) is 0 Å². The molecular formula is C25H42O3Si. The molecule has 2 saturated heterocycles. The number of fused-ring (bicyclic) bond motifs is 2. The van der Waals surface area contributed by atoms with Gasteiger partial charge in [-0.3, -0.25) is 0 Å². The molecule has 1 N–H and O–H groups in total. The normalized spacial score (nSPS) is 27.2. The average molecular weight is 419 g/mol. The Morgan fingerprint density at radius 3 is 2.34 bits per heavy atom. The van der Waals surface area contributed by atoms with Crippen LogP contribution >= 0.6 is 0 Å². The lowest BCUT2D eigenvalue weighted by Crippen LogP contribution is -2.45. The van der Waals surface area contributed by atoms with Crippen molar-refractivity contribution in [2.75, 3.05) is 13.2 Å². The molecule has 2 bridgehead atoms. The Morgan fingerprint density at radius 2 is 1.72 bits per heavy atom. The smallest absolute Gasteiger partial charge is 0.192 e. The lowest BCUT2D eigenvalue weighted by Gasteiger charge is -2.42. The predicted octanol–water partition coefficient (Wildman–Crippen LogP) is 5.61. The second kappa shape index (κ2) is 9.21. The molecule has 1 aromatic carbocycles. The summed E-state index contributed by atoms with van der Waals surface area (Å²) in [7, 11) is -1.74. The second-order valence-corrected chi connectivity index (χ2v) is 15.2. The van der Waals surface area contributed by atoms with Crippen LogP contribution in [0.2, 0.25) is 18.1 Å². The highest BCUT2D eigenvalue weighted by Gasteiger charge is 2.48. The van der Waals surface area contributed by atoms with E-state index in [2.05, 4.69) is 65.1 Å². The number of hydrogen-bond donors (Lipinski definition) is 1. The van der Waals surface area contributed by atoms with Crippen LogP contribution in [0.4, 0.5) is 0 Å². The molecule has 0 aliphatic carbocycles. The standard InChI is InChI=1S/C25H42O3Si/c1-18(2)25(3,4)29(5,6)27-15-9-12-19-10-7-8-11-20(19)16-21-22(17-26)24-14-13-23(21)28-24/h7-8,10-11,18,21-24,26H,9,12-17H2,1-6H3. The molecule has 0 aromatic heterocycles. The molecule has 29 heavy (non-hydrogen) atoms. The van der Waals surface area contributed by atoms with Crippen LogP contribution in [0, 0.1) is 17.8 Å². The van der Waals surface area contributed by atoms with Crippen LogP contribution in [-0.4, -0.2) is 38.8 Å². The molecule has 1 aromatic rings. The van der Waals surface area contributed by atoms with Crippen molar-refractivity contribution in [2.24, 2.45) is 17.8 Å². The first-order chi connectivity index (χ1) is 13.7. The van der Waals surface area contributed by atoms with Crippen molar-refractivity contribution in [3.05, 3.63) is 35.4 Å². The third-order valence-electron chi connectivity index (χ3n) is 8.42. The SMILES string of the molecule is CC(C)C(C)(C)[Si](C)(C)OCCCc1ccccc1CC1C2CCC(O2)C1CO. The van der Waals surface area contributed by atoms with E-state index < -0.39 is 8.32 Å². The molecule has 164 valence electrons. The van der Waals surface area contributed by atoms with Crippen molar-refractivity contribution in [2.45, 2.75) is 90.1 Å². The zero-order valence-electron chi connectivity index (χ0n) is 19.4. The largest absolute Gasteiger partial charge is 0.417 e. The Labute approximate surface area is 179 Å². The van der Waals surface area contributed by atoms with Gasteiger partial charge in [0.15, 0.2) is 8.32 Å². The maximum absolute atomic E-state index is 9.87. The fourth-order valence-electron chi connectivity index (χ4n) is 5.13. The molecule has 0 saturated carbocycles. The Hall–Kier alpha value is -0.683. The third-order valence-corrected chi connectivity index (χ3v) is 13.0. The first-order valence-electron chi connectivity index (χ1n) is 11.6. The van der Waals surface area contributed by atoms with Gasteiger partial charge in [-0.2, -0.15) is 0 Å². The summed E-state index contributed by atoms with van der Waals surface area (Å²) in [6.07, 6.45) is 6.08. The lowest BCUT2D eigenvalue weighted by molar-refractivity contribution is 0.0786. The van der Waals surface area contributed by atoms with E-state index in [0.29, 0.717) is 23.9 Å². The van der Waals surface area contributed by atoms with Crippen molar-refractivity contribution in [1.29, 1.82) is 0 Å². The van der Waals surface area contributed by atoms with E-state index in [1.165, 1.54) is 11.1 Å². The van der Waals surface area contributed by atoms with Crippen LogP contribution in [0.15, 0.2) is 24.3 Å². The fraction of sp³-hybridized carbons (Fsp3) is 0.760. The van der Waals surface area contributed by atoms with E-state index in [0.717, 1.165) is 38.7 Å². The zero-order chi connectivity index (χ0) is 21.2. The van der Waals surface area contributed by atoms with Crippen LogP contribution in [0.3, 0.4) is 0 Å². The molecule has 2 aliphatic heterocycles. The van der Waals surface area contributed by atoms with Gasteiger partial charge >= 0.3 is 0 Å². The first-order valence-corrected chi connectivity index (χ1v) is 14.5. The Morgan fingerprint density at radius 1 is 1.10 bits per heavy atom. The maximum Gasteiger partial charge on any atom is 0.192 e. The summed E-state index contributed by atoms with van der Waals surface area (Å²) >= 11 is 0. The molecule has 3 nitrogen and oxygen atoms in total. The second-order valence-electron chi connectivity index (χ2n) is 10.6. The quantitative estimate of drug-likeness (QED) is 0.397. The van der Waals surface area contributed by atoms with Gasteiger partial charge in [0.25, 0.3) is 0 Å². The van der Waals surface area contributed by atoms with Crippen molar-refractivity contribution >= 4 is 8.32 Å². The number of hydrogen-bond acceptors (Lipinski definition) is 3. The molecule has 0 spiro atoms. The highest BCUT2D eigenvalue weighted by atomic mass is 28.4. The van der Waals surface area contributed by atoms with Crippen LogP contribution in [-0.2, 0) is 22.0 Å². The number of ether oxygens (including phenoxy) is 1. The summed E-state index contributed by atoms with van der Waals surface area (Å²) in [6, 6.07) is 8.86. The molecule has 2 aliphatic rings. The molecule has 0 amide bonds. The van der Waals surface area contributed by atoms with Gasteiger partial charge in [-0.1, -0.05) is 52.0 Å². The van der Waals surface area contributed by atoms with Crippen molar-refractivity contribution in [1.82, 2.24) is 0 Å². The molecule has 4 unspecified atom stereocenters. The summed E-state index contributed by atoms with van der Waals surface area (Å²) in [5.41, 5.74) is 2.88. The van der Waals surface area contributed by atoms with Gasteiger partial charge in [0.1, 0.15) is 0 Å². The minimum Gasteiger partial charge on any atom is -0.417 e. The minimum atomic E-state index is -1.74. The van der Waals surface area contributed by atoms with E-state index in [-0.39, 0.29) is 17.7 Å². The van der Waals surface area contributed by atoms with Crippen LogP contribution < -0.4 is 0 Å². The Balaban J connectivity index is 1.56. The number of rotatable bonds is 10. The summed E-state index contributed by atoms with van der Waals surface area (Å²) < 4.78 is 12.6. The summed E-state index contributed by atoms with van der Waals surface area (Å²) in [4.78, 5) is 0. The lowest BCUT2D eigenvalue weighted by atomic mass is 9.76. The van der Waals surface area contributed by atoms with Gasteiger partial charge < -0.3 is 14.3 Å². The number of aliphatic hydroxyl groups excluding tert-OH is 1. The van der Waals surface area contributed by atoms with E-state index in [1.54, 1.807) is 0 Å². The van der Waals surface area contributed by atoms with Gasteiger partial charge in [0.05, 0.1) is 12.2 Å². The molecule has 2 fully saturated rings. The molecule has 4 atom stereocenters. The highest BCUT2D eigenvalue weighted by Crippen LogP contribution is 2.45. The van der Waals surface area contributed by atoms with E-state index in [9.17, 15) is 5.11 Å². The van der Waals surface area contributed by atoms with Gasteiger partial charge in [-0.05, 0) is 73.2 Å². The van der Waals surface area contributed by atoms with Crippen LogP contribution in [0.5, 0.6) is 0 Å². The zero-order valence-corrected chi connectivity index (χ0v) is 20.4. The monoisotopic (exact) mass is 418 g/mol. The first kappa shape index (κ1) is 23.0. The van der Waals surface area contributed by atoms with Crippen LogP contribution in [0.1, 0.15) is 58.1 Å². The summed E-state index contributed by atoms with van der Waals surface area (Å²) in [5.74, 6) is 1.41. The maximum atomic E-state index is 9.87. The van der Waals surface area contributed by atoms with Gasteiger partial charge in [-0.15, -0.1) is 0 Å². The molecule has 2 heterocycles. The topological polar surface area (TPSA) is 38.7 Å². The minimum absolute atomic E-state index is 0.257. The molecule has 3 rings (SSSR count). The fourth-order valence-corrected chi connectivity index (χ4v) is 7.55. The van der Waals surface area contributed by atoms with Gasteiger partial charge in [0, 0.05) is 19.1 Å². The van der Waals surface area contributed by atoms with E-state index >= 15 is 0 Å². The van der Waals surface area contributed by atoms with E-state index in [1.807, 2.05) is 0 Å². The molecular weight excluding hydrogens is 376 g/mol.